The van der Waals surface area contributed by atoms with Gasteiger partial charge in [0.25, 0.3) is 0 Å². The van der Waals surface area contributed by atoms with E-state index in [0.29, 0.717) is 0 Å². The fraction of sp³-hybridized carbons (Fsp3) is 0.786. The number of carbonyl (C=O) groups is 3. The van der Waals surface area contributed by atoms with E-state index in [1.54, 1.807) is 18.2 Å². The van der Waals surface area contributed by atoms with Crippen LogP contribution in [0.5, 0.6) is 0 Å². The molecule has 49 heavy (non-hydrogen) atoms. The van der Waals surface area contributed by atoms with Crippen LogP contribution >= 0.6 is 0 Å². The molecule has 0 aromatic heterocycles. The molecule has 0 aliphatic carbocycles. The first-order chi connectivity index (χ1) is 23.3. The van der Waals surface area contributed by atoms with Gasteiger partial charge in [-0.15, -0.1) is 0 Å². The van der Waals surface area contributed by atoms with E-state index < -0.39 is 17.9 Å². The Labute approximate surface area is 331 Å². The standard InChI is InChI=1S/3C14H26O2.La/c3*1-2-3-4-5-6-7-8-9-10-11-12-13-14(15)16;/h3*12-13H,2-11H2,1H3,(H,15,16);. The molecule has 0 fully saturated rings. The SMILES string of the molecule is CCCCCCCCCCCC=CC(=O)O.CCCCCCCCCCCC=CC(=O)O.CCCCCCCCCCCC=CC(=O)O.[La]. The summed E-state index contributed by atoms with van der Waals surface area (Å²) >= 11 is 0. The Morgan fingerprint density at radius 1 is 0.327 bits per heavy atom. The minimum atomic E-state index is -0.837. The number of hydrogen-bond acceptors (Lipinski definition) is 3. The van der Waals surface area contributed by atoms with Crippen LogP contribution in [0, 0.1) is 35.6 Å². The topological polar surface area (TPSA) is 112 Å². The van der Waals surface area contributed by atoms with E-state index in [1.807, 2.05) is 0 Å². The van der Waals surface area contributed by atoms with E-state index in [0.717, 1.165) is 38.5 Å². The normalized spacial score (nSPS) is 10.8. The molecule has 0 bridgehead atoms. The second-order valence-electron chi connectivity index (χ2n) is 13.1. The predicted octanol–water partition coefficient (Wildman–Crippen LogP) is 13.6. The molecule has 0 rings (SSSR count). The first-order valence-electron chi connectivity index (χ1n) is 20.0. The smallest absolute Gasteiger partial charge is 0.327 e. The fourth-order valence-corrected chi connectivity index (χ4v) is 5.27. The monoisotopic (exact) mass is 817 g/mol. The molecule has 6 nitrogen and oxygen atoms in total. The predicted molar refractivity (Wildman–Crippen MR) is 206 cm³/mol. The number of hydrogen-bond donors (Lipinski definition) is 3. The van der Waals surface area contributed by atoms with E-state index in [9.17, 15) is 14.4 Å². The summed E-state index contributed by atoms with van der Waals surface area (Å²) in [5.41, 5.74) is 0. The van der Waals surface area contributed by atoms with Crippen LogP contribution in [0.15, 0.2) is 36.5 Å². The van der Waals surface area contributed by atoms with Crippen molar-refractivity contribution in [3.63, 3.8) is 0 Å². The molecule has 0 saturated carbocycles. The Hall–Kier alpha value is -1.18. The van der Waals surface area contributed by atoms with Crippen molar-refractivity contribution in [3.8, 4) is 0 Å². The van der Waals surface area contributed by atoms with Gasteiger partial charge in [0, 0.05) is 53.8 Å². The molecular weight excluding hydrogens is 739 g/mol. The molecule has 0 amide bonds. The van der Waals surface area contributed by atoms with Gasteiger partial charge in [0.15, 0.2) is 0 Å². The molecule has 1 radical (unpaired) electrons. The fourth-order valence-electron chi connectivity index (χ4n) is 5.27. The number of unbranched alkanes of at least 4 members (excludes halogenated alkanes) is 27. The van der Waals surface area contributed by atoms with Crippen LogP contribution in [0.25, 0.3) is 0 Å². The van der Waals surface area contributed by atoms with Crippen molar-refractivity contribution in [1.82, 2.24) is 0 Å². The van der Waals surface area contributed by atoms with Crippen LogP contribution in [-0.4, -0.2) is 33.2 Å². The molecule has 285 valence electrons. The number of allylic oxidation sites excluding steroid dienone is 3. The van der Waals surface area contributed by atoms with Gasteiger partial charge in [0.2, 0.25) is 0 Å². The summed E-state index contributed by atoms with van der Waals surface area (Å²) in [4.78, 5) is 30.5. The number of carboxylic acids is 3. The van der Waals surface area contributed by atoms with E-state index in [4.69, 9.17) is 15.3 Å². The van der Waals surface area contributed by atoms with Crippen molar-refractivity contribution in [1.29, 1.82) is 0 Å². The van der Waals surface area contributed by atoms with Crippen LogP contribution in [-0.2, 0) is 14.4 Å². The zero-order valence-electron chi connectivity index (χ0n) is 32.3. The van der Waals surface area contributed by atoms with E-state index in [-0.39, 0.29) is 35.6 Å². The average molecular weight is 818 g/mol. The maximum Gasteiger partial charge on any atom is 0.327 e. The third kappa shape index (κ3) is 65.8. The van der Waals surface area contributed by atoms with Gasteiger partial charge in [-0.3, -0.25) is 0 Å². The van der Waals surface area contributed by atoms with Gasteiger partial charge >= 0.3 is 17.9 Å². The van der Waals surface area contributed by atoms with Crippen molar-refractivity contribution in [2.75, 3.05) is 0 Å². The maximum atomic E-state index is 10.2. The molecule has 0 aliphatic heterocycles. The van der Waals surface area contributed by atoms with Crippen molar-refractivity contribution in [3.05, 3.63) is 36.5 Å². The summed E-state index contributed by atoms with van der Waals surface area (Å²) in [6, 6.07) is 0. The van der Waals surface area contributed by atoms with Crippen LogP contribution in [0.3, 0.4) is 0 Å². The number of aliphatic carboxylic acids is 3. The Kier molecular flexibility index (Phi) is 57.0. The van der Waals surface area contributed by atoms with Crippen LogP contribution in [0.2, 0.25) is 0 Å². The van der Waals surface area contributed by atoms with Gasteiger partial charge < -0.3 is 15.3 Å². The molecule has 0 saturated heterocycles. The number of rotatable bonds is 33. The van der Waals surface area contributed by atoms with Gasteiger partial charge in [-0.05, 0) is 38.5 Å². The van der Waals surface area contributed by atoms with Crippen molar-refractivity contribution in [2.45, 2.75) is 213 Å². The molecule has 7 heteroatoms. The molecule has 3 N–H and O–H groups in total. The van der Waals surface area contributed by atoms with E-state index in [1.165, 1.54) is 172 Å². The van der Waals surface area contributed by atoms with Crippen LogP contribution < -0.4 is 0 Å². The summed E-state index contributed by atoms with van der Waals surface area (Å²) in [6.07, 6.45) is 47.2. The molecule has 0 aromatic carbocycles. The van der Waals surface area contributed by atoms with Crippen molar-refractivity contribution in [2.24, 2.45) is 0 Å². The minimum absolute atomic E-state index is 0. The maximum absolute atomic E-state index is 10.2. The average Bonchev–Trinajstić information content (AvgIpc) is 3.05. The quantitative estimate of drug-likeness (QED) is 0.0449. The second kappa shape index (κ2) is 51.2. The zero-order valence-corrected chi connectivity index (χ0v) is 35.9. The summed E-state index contributed by atoms with van der Waals surface area (Å²) in [5, 5.41) is 25.1. The molecule has 0 aliphatic rings. The number of carboxylic acid groups (broad SMARTS) is 3. The van der Waals surface area contributed by atoms with Crippen molar-refractivity contribution < 1.29 is 65.3 Å². The largest absolute Gasteiger partial charge is 0.478 e. The Bertz CT molecular complexity index is 662. The third-order valence-electron chi connectivity index (χ3n) is 8.20. The molecule has 0 atom stereocenters. The summed E-state index contributed by atoms with van der Waals surface area (Å²) in [7, 11) is 0. The van der Waals surface area contributed by atoms with Gasteiger partial charge in [-0.25, -0.2) is 14.4 Å². The first kappa shape index (κ1) is 54.6. The van der Waals surface area contributed by atoms with E-state index in [2.05, 4.69) is 20.8 Å². The molecule has 0 aromatic rings. The molecule has 0 spiro atoms. The van der Waals surface area contributed by atoms with Crippen molar-refractivity contribution >= 4 is 17.9 Å². The second-order valence-corrected chi connectivity index (χ2v) is 13.1. The van der Waals surface area contributed by atoms with E-state index >= 15 is 0 Å². The summed E-state index contributed by atoms with van der Waals surface area (Å²) < 4.78 is 0. The molecule has 0 unspecified atom stereocenters. The van der Waals surface area contributed by atoms with Gasteiger partial charge in [0.1, 0.15) is 0 Å². The van der Waals surface area contributed by atoms with Crippen LogP contribution in [0.1, 0.15) is 213 Å². The Balaban J connectivity index is -0.000000307. The Morgan fingerprint density at radius 2 is 0.490 bits per heavy atom. The third-order valence-corrected chi connectivity index (χ3v) is 8.20. The molecule has 0 heterocycles. The summed E-state index contributed by atoms with van der Waals surface area (Å²) in [6.45, 7) is 6.72. The summed E-state index contributed by atoms with van der Waals surface area (Å²) in [5.74, 6) is -2.51. The minimum Gasteiger partial charge on any atom is -0.478 e. The van der Waals surface area contributed by atoms with Crippen LogP contribution in [0.4, 0.5) is 0 Å². The van der Waals surface area contributed by atoms with Gasteiger partial charge in [-0.2, -0.15) is 0 Å². The zero-order chi connectivity index (χ0) is 36.2. The first-order valence-corrected chi connectivity index (χ1v) is 20.0. The van der Waals surface area contributed by atoms with Gasteiger partial charge in [0.05, 0.1) is 0 Å². The Morgan fingerprint density at radius 3 is 0.653 bits per heavy atom. The van der Waals surface area contributed by atoms with Gasteiger partial charge in [-0.1, -0.05) is 193 Å². The molecular formula is C42H78LaO6.